The molecule has 0 radical (unpaired) electrons. The van der Waals surface area contributed by atoms with Gasteiger partial charge in [-0.1, -0.05) is 43.0 Å². The fraction of sp³-hybridized carbons (Fsp3) is 0.227. The van der Waals surface area contributed by atoms with E-state index in [1.54, 1.807) is 36.2 Å². The van der Waals surface area contributed by atoms with Gasteiger partial charge in [0.15, 0.2) is 0 Å². The molecule has 0 saturated heterocycles. The Morgan fingerprint density at radius 3 is 2.43 bits per heavy atom. The van der Waals surface area contributed by atoms with Gasteiger partial charge >= 0.3 is 0 Å². The zero-order chi connectivity index (χ0) is 20.1. The van der Waals surface area contributed by atoms with Crippen molar-refractivity contribution in [3.8, 4) is 0 Å². The summed E-state index contributed by atoms with van der Waals surface area (Å²) in [5.74, 6) is -0.614. The Morgan fingerprint density at radius 1 is 1.11 bits per heavy atom. The predicted octanol–water partition coefficient (Wildman–Crippen LogP) is 1.80. The molecule has 28 heavy (non-hydrogen) atoms. The van der Waals surface area contributed by atoms with Crippen LogP contribution in [0.15, 0.2) is 61.2 Å². The Labute approximate surface area is 164 Å². The highest BCUT2D eigenvalue weighted by atomic mass is 16.2. The second-order valence-electron chi connectivity index (χ2n) is 6.65. The van der Waals surface area contributed by atoms with Crippen LogP contribution in [0.25, 0.3) is 0 Å². The molecule has 0 aromatic heterocycles. The molecular formula is C22H23N3O3. The molecule has 0 unspecified atom stereocenters. The summed E-state index contributed by atoms with van der Waals surface area (Å²) in [6.45, 7) is 4.16. The minimum absolute atomic E-state index is 0.174. The Morgan fingerprint density at radius 2 is 1.79 bits per heavy atom. The Hall–Kier alpha value is -3.41. The first-order chi connectivity index (χ1) is 13.5. The smallest absolute Gasteiger partial charge is 0.254 e. The van der Waals surface area contributed by atoms with Crippen LogP contribution in [-0.2, 0) is 29.1 Å². The van der Waals surface area contributed by atoms with Crippen LogP contribution in [0.3, 0.4) is 0 Å². The Kier molecular flexibility index (Phi) is 5.89. The topological polar surface area (TPSA) is 78.5 Å². The summed E-state index contributed by atoms with van der Waals surface area (Å²) in [6, 6.07) is 14.4. The molecule has 6 heteroatoms. The first-order valence-electron chi connectivity index (χ1n) is 9.12. The number of rotatable bonds is 5. The summed E-state index contributed by atoms with van der Waals surface area (Å²) in [4.78, 5) is 38.4. The number of hydrogen-bond donors (Lipinski definition) is 2. The van der Waals surface area contributed by atoms with Crippen molar-refractivity contribution >= 4 is 17.7 Å². The number of nitrogens with zero attached hydrogens (tertiary/aromatic N) is 1. The average molecular weight is 377 g/mol. The third kappa shape index (κ3) is 4.11. The van der Waals surface area contributed by atoms with Gasteiger partial charge < -0.3 is 15.5 Å². The van der Waals surface area contributed by atoms with Gasteiger partial charge in [-0.3, -0.25) is 14.4 Å². The number of carbonyl (C=O) groups excluding carboxylic acids is 3. The summed E-state index contributed by atoms with van der Waals surface area (Å²) < 4.78 is 0. The summed E-state index contributed by atoms with van der Waals surface area (Å²) in [7, 11) is 1.58. The largest absolute Gasteiger partial charge is 0.357 e. The minimum Gasteiger partial charge on any atom is -0.357 e. The molecule has 6 nitrogen and oxygen atoms in total. The average Bonchev–Trinajstić information content (AvgIpc) is 2.75. The van der Waals surface area contributed by atoms with Crippen molar-refractivity contribution in [3.05, 3.63) is 83.4 Å². The van der Waals surface area contributed by atoms with E-state index in [2.05, 4.69) is 17.2 Å². The van der Waals surface area contributed by atoms with Crippen LogP contribution in [0.4, 0.5) is 0 Å². The number of likely N-dealkylation sites (N-methyl/N-ethyl adjacent to an activating group) is 1. The number of fused-ring (bicyclic) bond motifs is 1. The molecule has 0 spiro atoms. The van der Waals surface area contributed by atoms with Crippen molar-refractivity contribution in [1.82, 2.24) is 15.5 Å². The lowest BCUT2D eigenvalue weighted by molar-refractivity contribution is -0.125. The molecule has 0 bridgehead atoms. The van der Waals surface area contributed by atoms with Gasteiger partial charge in [-0.2, -0.15) is 0 Å². The molecule has 3 amide bonds. The zero-order valence-electron chi connectivity index (χ0n) is 15.8. The SMILES string of the molecule is C=CC(=O)NCc1ccc(C(=O)N2Cc3ccccc3C[C@H]2C(=O)NC)cc1. The maximum atomic E-state index is 13.1. The molecule has 1 aliphatic rings. The zero-order valence-corrected chi connectivity index (χ0v) is 15.8. The van der Waals surface area contributed by atoms with Crippen molar-refractivity contribution in [2.45, 2.75) is 25.6 Å². The second kappa shape index (κ2) is 8.52. The number of hydrogen-bond acceptors (Lipinski definition) is 3. The number of nitrogens with one attached hydrogen (secondary N) is 2. The monoisotopic (exact) mass is 377 g/mol. The molecule has 2 aromatic carbocycles. The maximum absolute atomic E-state index is 13.1. The van der Waals surface area contributed by atoms with Crippen molar-refractivity contribution in [1.29, 1.82) is 0 Å². The lowest BCUT2D eigenvalue weighted by atomic mass is 9.92. The van der Waals surface area contributed by atoms with Crippen molar-refractivity contribution in [3.63, 3.8) is 0 Å². The fourth-order valence-electron chi connectivity index (χ4n) is 3.33. The minimum atomic E-state index is -0.543. The third-order valence-corrected chi connectivity index (χ3v) is 4.91. The van der Waals surface area contributed by atoms with Gasteiger partial charge in [0.25, 0.3) is 5.91 Å². The predicted molar refractivity (Wildman–Crippen MR) is 106 cm³/mol. The lowest BCUT2D eigenvalue weighted by Gasteiger charge is -2.35. The molecule has 2 N–H and O–H groups in total. The van der Waals surface area contributed by atoms with E-state index in [0.29, 0.717) is 25.1 Å². The summed E-state index contributed by atoms with van der Waals surface area (Å²) in [6.07, 6.45) is 1.71. The van der Waals surface area contributed by atoms with E-state index in [1.165, 1.54) is 6.08 Å². The molecule has 144 valence electrons. The van der Waals surface area contributed by atoms with Gasteiger partial charge in [0.2, 0.25) is 11.8 Å². The van der Waals surface area contributed by atoms with Crippen LogP contribution >= 0.6 is 0 Å². The standard InChI is InChI=1S/C22H23N3O3/c1-3-20(26)24-13-15-8-10-16(11-9-15)22(28)25-14-18-7-5-4-6-17(18)12-19(25)21(27)23-2/h3-11,19H,1,12-14H2,2H3,(H,23,27)(H,24,26)/t19-/m0/s1. The summed E-state index contributed by atoms with van der Waals surface area (Å²) in [5.41, 5.74) is 3.53. The molecular weight excluding hydrogens is 354 g/mol. The molecule has 1 atom stereocenters. The van der Waals surface area contributed by atoms with E-state index in [4.69, 9.17) is 0 Å². The third-order valence-electron chi connectivity index (χ3n) is 4.91. The molecule has 0 fully saturated rings. The lowest BCUT2D eigenvalue weighted by Crippen LogP contribution is -2.51. The molecule has 0 saturated carbocycles. The van der Waals surface area contributed by atoms with Gasteiger partial charge in [0, 0.05) is 32.1 Å². The van der Waals surface area contributed by atoms with Crippen LogP contribution < -0.4 is 10.6 Å². The van der Waals surface area contributed by atoms with E-state index in [-0.39, 0.29) is 17.7 Å². The van der Waals surface area contributed by atoms with Crippen LogP contribution in [0.5, 0.6) is 0 Å². The fourth-order valence-corrected chi connectivity index (χ4v) is 3.33. The number of benzene rings is 2. The molecule has 1 heterocycles. The van der Waals surface area contributed by atoms with Crippen LogP contribution in [0, 0.1) is 0 Å². The van der Waals surface area contributed by atoms with Crippen molar-refractivity contribution in [2.24, 2.45) is 0 Å². The van der Waals surface area contributed by atoms with Crippen LogP contribution in [0.1, 0.15) is 27.0 Å². The van der Waals surface area contributed by atoms with Gasteiger partial charge in [0.1, 0.15) is 6.04 Å². The van der Waals surface area contributed by atoms with E-state index in [1.807, 2.05) is 24.3 Å². The van der Waals surface area contributed by atoms with Gasteiger partial charge in [0.05, 0.1) is 0 Å². The van der Waals surface area contributed by atoms with E-state index in [9.17, 15) is 14.4 Å². The number of amides is 3. The van der Waals surface area contributed by atoms with Gasteiger partial charge in [-0.05, 0) is 34.9 Å². The molecule has 1 aliphatic heterocycles. The normalized spacial score (nSPS) is 15.3. The van der Waals surface area contributed by atoms with E-state index >= 15 is 0 Å². The quantitative estimate of drug-likeness (QED) is 0.780. The molecule has 0 aliphatic carbocycles. The van der Waals surface area contributed by atoms with Crippen LogP contribution in [-0.4, -0.2) is 35.7 Å². The summed E-state index contributed by atoms with van der Waals surface area (Å²) >= 11 is 0. The number of carbonyl (C=O) groups is 3. The maximum Gasteiger partial charge on any atom is 0.254 e. The van der Waals surface area contributed by atoms with Crippen molar-refractivity contribution in [2.75, 3.05) is 7.05 Å². The molecule has 3 rings (SSSR count). The highest BCUT2D eigenvalue weighted by Crippen LogP contribution is 2.25. The molecule has 2 aromatic rings. The second-order valence-corrected chi connectivity index (χ2v) is 6.65. The highest BCUT2D eigenvalue weighted by Gasteiger charge is 2.34. The Bertz CT molecular complexity index is 905. The van der Waals surface area contributed by atoms with E-state index < -0.39 is 6.04 Å². The van der Waals surface area contributed by atoms with Gasteiger partial charge in [-0.15, -0.1) is 0 Å². The van der Waals surface area contributed by atoms with Crippen LogP contribution in [0.2, 0.25) is 0 Å². The first-order valence-corrected chi connectivity index (χ1v) is 9.12. The van der Waals surface area contributed by atoms with Crippen molar-refractivity contribution < 1.29 is 14.4 Å². The first kappa shape index (κ1) is 19.4. The highest BCUT2D eigenvalue weighted by molar-refractivity contribution is 5.98. The summed E-state index contributed by atoms with van der Waals surface area (Å²) in [5, 5.41) is 5.36. The van der Waals surface area contributed by atoms with Gasteiger partial charge in [-0.25, -0.2) is 0 Å². The Balaban J connectivity index is 1.80. The van der Waals surface area contributed by atoms with E-state index in [0.717, 1.165) is 16.7 Å².